The van der Waals surface area contributed by atoms with Crippen LogP contribution in [0.2, 0.25) is 0 Å². The fraction of sp³-hybridized carbons (Fsp3) is 0.375. The average molecular weight is 347 g/mol. The zero-order valence-corrected chi connectivity index (χ0v) is 14.6. The van der Waals surface area contributed by atoms with Crippen LogP contribution in [-0.2, 0) is 10.2 Å². The van der Waals surface area contributed by atoms with E-state index >= 15 is 0 Å². The van der Waals surface area contributed by atoms with E-state index in [1.54, 1.807) is 20.3 Å². The Bertz CT molecular complexity index is 787. The van der Waals surface area contributed by atoms with Crippen molar-refractivity contribution in [2.45, 2.75) is 0 Å². The molecule has 2 heterocycles. The maximum atomic E-state index is 12.2. The van der Waals surface area contributed by atoms with Gasteiger partial charge >= 0.3 is 0 Å². The van der Waals surface area contributed by atoms with Crippen molar-refractivity contribution in [2.75, 3.05) is 45.2 Å². The second kappa shape index (κ2) is 6.84. The van der Waals surface area contributed by atoms with Gasteiger partial charge in [-0.25, -0.2) is 9.97 Å². The van der Waals surface area contributed by atoms with Crippen LogP contribution in [-0.4, -0.2) is 67.3 Å². The van der Waals surface area contributed by atoms with E-state index in [-0.39, 0.29) is 0 Å². The number of nitrogens with zero attached hydrogens (tertiary/aromatic N) is 5. The molecule has 0 N–H and O–H groups in total. The summed E-state index contributed by atoms with van der Waals surface area (Å²) in [5.41, 5.74) is 0.966. The molecule has 1 aromatic carbocycles. The van der Waals surface area contributed by atoms with Crippen molar-refractivity contribution >= 4 is 16.0 Å². The summed E-state index contributed by atoms with van der Waals surface area (Å²) in [6.45, 7) is 2.12. The van der Waals surface area contributed by atoms with Gasteiger partial charge in [-0.2, -0.15) is 17.0 Å². The van der Waals surface area contributed by atoms with Crippen LogP contribution >= 0.6 is 0 Å². The van der Waals surface area contributed by atoms with E-state index in [1.165, 1.54) is 8.61 Å². The van der Waals surface area contributed by atoms with E-state index in [0.29, 0.717) is 32.0 Å². The van der Waals surface area contributed by atoms with Gasteiger partial charge in [0, 0.05) is 52.0 Å². The van der Waals surface area contributed by atoms with Crippen molar-refractivity contribution in [1.29, 1.82) is 0 Å². The molecule has 1 aliphatic rings. The second-order valence-electron chi connectivity index (χ2n) is 5.78. The monoisotopic (exact) mass is 347 g/mol. The molecule has 0 bridgehead atoms. The minimum atomic E-state index is -3.35. The van der Waals surface area contributed by atoms with E-state index in [1.807, 2.05) is 36.4 Å². The molecule has 128 valence electrons. The van der Waals surface area contributed by atoms with Gasteiger partial charge in [0.1, 0.15) is 5.82 Å². The maximum Gasteiger partial charge on any atom is 0.281 e. The van der Waals surface area contributed by atoms with Crippen LogP contribution in [0.4, 0.5) is 5.82 Å². The molecule has 24 heavy (non-hydrogen) atoms. The van der Waals surface area contributed by atoms with Crippen molar-refractivity contribution in [3.8, 4) is 11.4 Å². The second-order valence-corrected chi connectivity index (χ2v) is 7.92. The third-order valence-corrected chi connectivity index (χ3v) is 5.96. The molecule has 1 aliphatic heterocycles. The largest absolute Gasteiger partial charge is 0.354 e. The molecule has 8 heteroatoms. The SMILES string of the molecule is CN(C)S(=O)(=O)N1CCN(c2ccnc(-c3ccccc3)n2)CC1. The first kappa shape index (κ1) is 16.8. The summed E-state index contributed by atoms with van der Waals surface area (Å²) in [7, 11) is -0.242. The van der Waals surface area contributed by atoms with Crippen molar-refractivity contribution in [3.63, 3.8) is 0 Å². The molecule has 1 fully saturated rings. The number of anilines is 1. The quantitative estimate of drug-likeness (QED) is 0.827. The average Bonchev–Trinajstić information content (AvgIpc) is 2.62. The van der Waals surface area contributed by atoms with E-state index in [4.69, 9.17) is 0 Å². The highest BCUT2D eigenvalue weighted by Crippen LogP contribution is 2.20. The predicted molar refractivity (Wildman–Crippen MR) is 93.9 cm³/mol. The molecule has 7 nitrogen and oxygen atoms in total. The van der Waals surface area contributed by atoms with Gasteiger partial charge in [-0.15, -0.1) is 0 Å². The first-order valence-corrected chi connectivity index (χ1v) is 9.19. The Morgan fingerprint density at radius 1 is 1.00 bits per heavy atom. The molecule has 0 unspecified atom stereocenters. The molecular weight excluding hydrogens is 326 g/mol. The topological polar surface area (TPSA) is 69.6 Å². The van der Waals surface area contributed by atoms with E-state index in [2.05, 4.69) is 14.9 Å². The molecular formula is C16H21N5O2S. The Labute approximate surface area is 142 Å². The van der Waals surface area contributed by atoms with E-state index < -0.39 is 10.2 Å². The molecule has 0 radical (unpaired) electrons. The molecule has 0 saturated carbocycles. The van der Waals surface area contributed by atoms with Crippen molar-refractivity contribution in [1.82, 2.24) is 18.6 Å². The van der Waals surface area contributed by atoms with Gasteiger partial charge in [0.15, 0.2) is 5.82 Å². The van der Waals surface area contributed by atoms with E-state index in [0.717, 1.165) is 11.4 Å². The Morgan fingerprint density at radius 3 is 2.29 bits per heavy atom. The summed E-state index contributed by atoms with van der Waals surface area (Å²) in [5.74, 6) is 1.50. The Balaban J connectivity index is 1.74. The molecule has 0 atom stereocenters. The van der Waals surface area contributed by atoms with Gasteiger partial charge in [0.05, 0.1) is 0 Å². The van der Waals surface area contributed by atoms with Crippen LogP contribution in [0.25, 0.3) is 11.4 Å². The van der Waals surface area contributed by atoms with Gasteiger partial charge in [-0.3, -0.25) is 0 Å². The van der Waals surface area contributed by atoms with Crippen LogP contribution < -0.4 is 4.90 Å². The third-order valence-electron chi connectivity index (χ3n) is 4.02. The Morgan fingerprint density at radius 2 is 1.67 bits per heavy atom. The first-order valence-electron chi connectivity index (χ1n) is 7.79. The van der Waals surface area contributed by atoms with Crippen LogP contribution in [0.1, 0.15) is 0 Å². The van der Waals surface area contributed by atoms with Crippen molar-refractivity contribution in [3.05, 3.63) is 42.6 Å². The maximum absolute atomic E-state index is 12.2. The van der Waals surface area contributed by atoms with Crippen molar-refractivity contribution in [2.24, 2.45) is 0 Å². The predicted octanol–water partition coefficient (Wildman–Crippen LogP) is 1.07. The standard InChI is InChI=1S/C16H21N5O2S/c1-19(2)24(22,23)21-12-10-20(11-13-21)15-8-9-17-16(18-15)14-6-4-3-5-7-14/h3-9H,10-13H2,1-2H3. The molecule has 0 aliphatic carbocycles. The van der Waals surface area contributed by atoms with Crippen molar-refractivity contribution < 1.29 is 8.42 Å². The molecule has 2 aromatic rings. The lowest BCUT2D eigenvalue weighted by Gasteiger charge is -2.35. The third kappa shape index (κ3) is 3.40. The summed E-state index contributed by atoms with van der Waals surface area (Å²) in [6, 6.07) is 11.7. The normalized spacial score (nSPS) is 16.5. The van der Waals surface area contributed by atoms with Gasteiger partial charge in [-0.05, 0) is 6.07 Å². The van der Waals surface area contributed by atoms with Gasteiger partial charge in [0.25, 0.3) is 10.2 Å². The fourth-order valence-corrected chi connectivity index (χ4v) is 3.72. The smallest absolute Gasteiger partial charge is 0.281 e. The number of piperazine rings is 1. The van der Waals surface area contributed by atoms with Crippen LogP contribution in [0, 0.1) is 0 Å². The minimum absolute atomic E-state index is 0.450. The number of hydrogen-bond donors (Lipinski definition) is 0. The Kier molecular flexibility index (Phi) is 4.79. The van der Waals surface area contributed by atoms with Crippen LogP contribution in [0.3, 0.4) is 0 Å². The molecule has 1 saturated heterocycles. The fourth-order valence-electron chi connectivity index (χ4n) is 2.63. The van der Waals surface area contributed by atoms with Gasteiger partial charge in [0.2, 0.25) is 0 Å². The number of aromatic nitrogens is 2. The molecule has 0 spiro atoms. The van der Waals surface area contributed by atoms with E-state index in [9.17, 15) is 8.42 Å². The highest BCUT2D eigenvalue weighted by molar-refractivity contribution is 7.86. The van der Waals surface area contributed by atoms with Crippen LogP contribution in [0.5, 0.6) is 0 Å². The summed E-state index contributed by atoms with van der Waals surface area (Å²) in [6.07, 6.45) is 1.74. The molecule has 0 amide bonds. The zero-order chi connectivity index (χ0) is 17.2. The number of benzene rings is 1. The number of rotatable bonds is 4. The summed E-state index contributed by atoms with van der Waals surface area (Å²) < 4.78 is 27.1. The highest BCUT2D eigenvalue weighted by Gasteiger charge is 2.29. The highest BCUT2D eigenvalue weighted by atomic mass is 32.2. The zero-order valence-electron chi connectivity index (χ0n) is 13.8. The lowest BCUT2D eigenvalue weighted by molar-refractivity contribution is 0.355. The lowest BCUT2D eigenvalue weighted by Crippen LogP contribution is -2.51. The molecule has 3 rings (SSSR count). The first-order chi connectivity index (χ1) is 11.5. The van der Waals surface area contributed by atoms with Gasteiger partial charge < -0.3 is 4.90 Å². The summed E-state index contributed by atoms with van der Waals surface area (Å²) in [5, 5.41) is 0. The number of hydrogen-bond acceptors (Lipinski definition) is 5. The minimum Gasteiger partial charge on any atom is -0.354 e. The Hall–Kier alpha value is -2.03. The molecule has 1 aromatic heterocycles. The summed E-state index contributed by atoms with van der Waals surface area (Å²) >= 11 is 0. The summed E-state index contributed by atoms with van der Waals surface area (Å²) in [4.78, 5) is 11.0. The van der Waals surface area contributed by atoms with Gasteiger partial charge in [-0.1, -0.05) is 30.3 Å². The van der Waals surface area contributed by atoms with Crippen LogP contribution in [0.15, 0.2) is 42.6 Å². The lowest BCUT2D eigenvalue weighted by atomic mass is 10.2.